The summed E-state index contributed by atoms with van der Waals surface area (Å²) in [4.78, 5) is 3.34. The van der Waals surface area contributed by atoms with Gasteiger partial charge in [-0.15, -0.1) is 0 Å². The first kappa shape index (κ1) is 11.8. The molecule has 1 aromatic carbocycles. The van der Waals surface area contributed by atoms with Crippen molar-refractivity contribution in [1.29, 1.82) is 0 Å². The molecule has 1 unspecified atom stereocenters. The summed E-state index contributed by atoms with van der Waals surface area (Å²) in [5.41, 5.74) is 8.84. The van der Waals surface area contributed by atoms with Crippen LogP contribution in [-0.2, 0) is 4.74 Å². The summed E-state index contributed by atoms with van der Waals surface area (Å²) in [5, 5.41) is 1.30. The molecule has 1 aliphatic heterocycles. The molecule has 2 aromatic rings. The molecule has 1 aromatic heterocycles. The van der Waals surface area contributed by atoms with Gasteiger partial charge in [0.25, 0.3) is 0 Å². The number of hydrogen-bond acceptors (Lipinski definition) is 2. The first-order valence-corrected chi connectivity index (χ1v) is 6.56. The second kappa shape index (κ2) is 4.41. The molecule has 0 bridgehead atoms. The molecule has 96 valence electrons. The molecule has 18 heavy (non-hydrogen) atoms. The van der Waals surface area contributed by atoms with Crippen LogP contribution in [0, 0.1) is 5.41 Å². The van der Waals surface area contributed by atoms with Gasteiger partial charge in [-0.3, -0.25) is 0 Å². The maximum Gasteiger partial charge on any atom is 0.0542 e. The van der Waals surface area contributed by atoms with Gasteiger partial charge in [0, 0.05) is 22.5 Å². The smallest absolute Gasteiger partial charge is 0.0542 e. The fourth-order valence-corrected chi connectivity index (χ4v) is 2.92. The van der Waals surface area contributed by atoms with Gasteiger partial charge in [-0.2, -0.15) is 0 Å². The Kier molecular flexibility index (Phi) is 2.88. The second-order valence-electron chi connectivity index (χ2n) is 5.73. The SMILES string of the molecule is CC1(CC(CN)c2c[nH]c3ccccc23)COC1. The average molecular weight is 244 g/mol. The first-order valence-electron chi connectivity index (χ1n) is 6.56. The van der Waals surface area contributed by atoms with Crippen molar-refractivity contribution in [3.8, 4) is 0 Å². The highest BCUT2D eigenvalue weighted by molar-refractivity contribution is 5.83. The van der Waals surface area contributed by atoms with E-state index in [4.69, 9.17) is 10.5 Å². The normalized spacial score (nSPS) is 19.7. The molecular formula is C15H20N2O. The predicted molar refractivity (Wildman–Crippen MR) is 73.6 cm³/mol. The maximum atomic E-state index is 5.99. The number of ether oxygens (including phenoxy) is 1. The Hall–Kier alpha value is -1.32. The number of aromatic nitrogens is 1. The van der Waals surface area contributed by atoms with Gasteiger partial charge in [-0.1, -0.05) is 25.1 Å². The Bertz CT molecular complexity index is 542. The van der Waals surface area contributed by atoms with Crippen LogP contribution >= 0.6 is 0 Å². The molecule has 2 heterocycles. The topological polar surface area (TPSA) is 51.0 Å². The van der Waals surface area contributed by atoms with E-state index >= 15 is 0 Å². The van der Waals surface area contributed by atoms with Gasteiger partial charge in [0.2, 0.25) is 0 Å². The number of para-hydroxylation sites is 1. The Labute approximate surface area is 107 Å². The standard InChI is InChI=1S/C15H20N2O/c1-15(9-18-10-15)6-11(7-16)13-8-17-14-5-3-2-4-12(13)14/h2-5,8,11,17H,6-7,9-10,16H2,1H3. The van der Waals surface area contributed by atoms with E-state index in [9.17, 15) is 0 Å². The molecule has 1 atom stereocenters. The molecule has 1 saturated heterocycles. The molecule has 1 fully saturated rings. The summed E-state index contributed by atoms with van der Waals surface area (Å²) < 4.78 is 5.34. The number of nitrogens with one attached hydrogen (secondary N) is 1. The second-order valence-corrected chi connectivity index (χ2v) is 5.73. The van der Waals surface area contributed by atoms with Gasteiger partial charge in [0.05, 0.1) is 13.2 Å². The summed E-state index contributed by atoms with van der Waals surface area (Å²) in [7, 11) is 0. The number of benzene rings is 1. The van der Waals surface area contributed by atoms with Gasteiger partial charge in [0.15, 0.2) is 0 Å². The van der Waals surface area contributed by atoms with Crippen LogP contribution in [0.2, 0.25) is 0 Å². The number of hydrogen-bond donors (Lipinski definition) is 2. The van der Waals surface area contributed by atoms with Crippen molar-refractivity contribution in [2.45, 2.75) is 19.3 Å². The van der Waals surface area contributed by atoms with Crippen molar-refractivity contribution in [2.24, 2.45) is 11.1 Å². The lowest BCUT2D eigenvalue weighted by molar-refractivity contribution is -0.108. The molecule has 0 saturated carbocycles. The van der Waals surface area contributed by atoms with E-state index in [0.717, 1.165) is 19.6 Å². The van der Waals surface area contributed by atoms with E-state index < -0.39 is 0 Å². The molecule has 3 rings (SSSR count). The lowest BCUT2D eigenvalue weighted by Gasteiger charge is -2.40. The Morgan fingerprint density at radius 3 is 2.83 bits per heavy atom. The molecule has 1 aliphatic rings. The fraction of sp³-hybridized carbons (Fsp3) is 0.467. The van der Waals surface area contributed by atoms with Crippen LogP contribution in [0.4, 0.5) is 0 Å². The van der Waals surface area contributed by atoms with Crippen molar-refractivity contribution < 1.29 is 4.74 Å². The average Bonchev–Trinajstić information content (AvgIpc) is 2.78. The van der Waals surface area contributed by atoms with Crippen molar-refractivity contribution in [1.82, 2.24) is 4.98 Å². The van der Waals surface area contributed by atoms with Crippen molar-refractivity contribution in [2.75, 3.05) is 19.8 Å². The van der Waals surface area contributed by atoms with Crippen LogP contribution in [-0.4, -0.2) is 24.7 Å². The third-order valence-corrected chi connectivity index (χ3v) is 3.99. The Balaban J connectivity index is 1.91. The molecule has 3 N–H and O–H groups in total. The Morgan fingerprint density at radius 2 is 2.17 bits per heavy atom. The summed E-state index contributed by atoms with van der Waals surface area (Å²) in [5.74, 6) is 0.412. The van der Waals surface area contributed by atoms with Gasteiger partial charge in [0.1, 0.15) is 0 Å². The van der Waals surface area contributed by atoms with Crippen molar-refractivity contribution >= 4 is 10.9 Å². The van der Waals surface area contributed by atoms with Crippen LogP contribution in [0.3, 0.4) is 0 Å². The van der Waals surface area contributed by atoms with Gasteiger partial charge < -0.3 is 15.5 Å². The highest BCUT2D eigenvalue weighted by atomic mass is 16.5. The minimum atomic E-state index is 0.308. The van der Waals surface area contributed by atoms with Crippen molar-refractivity contribution in [3.05, 3.63) is 36.0 Å². The van der Waals surface area contributed by atoms with E-state index in [2.05, 4.69) is 42.4 Å². The van der Waals surface area contributed by atoms with Crippen LogP contribution < -0.4 is 5.73 Å². The number of rotatable bonds is 4. The molecular weight excluding hydrogens is 224 g/mol. The largest absolute Gasteiger partial charge is 0.380 e. The maximum absolute atomic E-state index is 5.99. The molecule has 0 spiro atoms. The first-order chi connectivity index (χ1) is 8.72. The van der Waals surface area contributed by atoms with E-state index in [-0.39, 0.29) is 0 Å². The van der Waals surface area contributed by atoms with E-state index in [1.807, 2.05) is 0 Å². The third-order valence-electron chi connectivity index (χ3n) is 3.99. The van der Waals surface area contributed by atoms with Crippen LogP contribution in [0.1, 0.15) is 24.8 Å². The van der Waals surface area contributed by atoms with E-state index in [1.54, 1.807) is 0 Å². The zero-order chi connectivity index (χ0) is 12.6. The van der Waals surface area contributed by atoms with E-state index in [0.29, 0.717) is 17.9 Å². The highest BCUT2D eigenvalue weighted by Gasteiger charge is 2.36. The number of nitrogens with two attached hydrogens (primary N) is 1. The zero-order valence-electron chi connectivity index (χ0n) is 10.8. The molecule has 0 aliphatic carbocycles. The molecule has 0 radical (unpaired) electrons. The Morgan fingerprint density at radius 1 is 1.39 bits per heavy atom. The van der Waals surface area contributed by atoms with Gasteiger partial charge >= 0.3 is 0 Å². The summed E-state index contributed by atoms with van der Waals surface area (Å²) in [6.45, 7) is 4.71. The molecule has 3 nitrogen and oxygen atoms in total. The summed E-state index contributed by atoms with van der Waals surface area (Å²) in [6.07, 6.45) is 3.22. The minimum Gasteiger partial charge on any atom is -0.380 e. The van der Waals surface area contributed by atoms with Crippen LogP contribution in [0.25, 0.3) is 10.9 Å². The molecule has 0 amide bonds. The minimum absolute atomic E-state index is 0.308. The van der Waals surface area contributed by atoms with Gasteiger partial charge in [-0.25, -0.2) is 0 Å². The number of fused-ring (bicyclic) bond motifs is 1. The highest BCUT2D eigenvalue weighted by Crippen LogP contribution is 2.39. The lowest BCUT2D eigenvalue weighted by Crippen LogP contribution is -2.41. The van der Waals surface area contributed by atoms with Gasteiger partial charge in [-0.05, 0) is 30.5 Å². The van der Waals surface area contributed by atoms with Crippen LogP contribution in [0.5, 0.6) is 0 Å². The quantitative estimate of drug-likeness (QED) is 0.868. The number of aromatic amines is 1. The van der Waals surface area contributed by atoms with E-state index in [1.165, 1.54) is 16.5 Å². The lowest BCUT2D eigenvalue weighted by atomic mass is 9.77. The van der Waals surface area contributed by atoms with Crippen LogP contribution in [0.15, 0.2) is 30.5 Å². The summed E-state index contributed by atoms with van der Waals surface area (Å²) >= 11 is 0. The fourth-order valence-electron chi connectivity index (χ4n) is 2.92. The van der Waals surface area contributed by atoms with Crippen molar-refractivity contribution in [3.63, 3.8) is 0 Å². The zero-order valence-corrected chi connectivity index (χ0v) is 10.8. The molecule has 3 heteroatoms. The summed E-state index contributed by atoms with van der Waals surface area (Å²) in [6, 6.07) is 8.42. The predicted octanol–water partition coefficient (Wildman–Crippen LogP) is 2.64. The third kappa shape index (κ3) is 1.93. The number of H-pyrrole nitrogens is 1. The monoisotopic (exact) mass is 244 g/mol.